The van der Waals surface area contributed by atoms with Gasteiger partial charge in [0.1, 0.15) is 0 Å². The SMILES string of the molecule is CN=C(NCCCCSC)NCCN(C)C1CCCC1. The Morgan fingerprint density at radius 2 is 1.90 bits per heavy atom. The van der Waals surface area contributed by atoms with E-state index in [1.807, 2.05) is 18.8 Å². The van der Waals surface area contributed by atoms with Crippen molar-refractivity contribution in [3.63, 3.8) is 0 Å². The van der Waals surface area contributed by atoms with Gasteiger partial charge in [0.25, 0.3) is 0 Å². The van der Waals surface area contributed by atoms with Gasteiger partial charge >= 0.3 is 0 Å². The van der Waals surface area contributed by atoms with Crippen LogP contribution in [0.15, 0.2) is 4.99 Å². The van der Waals surface area contributed by atoms with Crippen molar-refractivity contribution in [2.45, 2.75) is 44.6 Å². The van der Waals surface area contributed by atoms with Crippen LogP contribution >= 0.6 is 11.8 Å². The predicted octanol–water partition coefficient (Wildman–Crippen LogP) is 2.17. The summed E-state index contributed by atoms with van der Waals surface area (Å²) in [7, 11) is 4.09. The molecule has 0 bridgehead atoms. The second-order valence-corrected chi connectivity index (χ2v) is 6.53. The fraction of sp³-hybridized carbons (Fsp3) is 0.933. The highest BCUT2D eigenvalue weighted by atomic mass is 32.2. The molecule has 1 fully saturated rings. The summed E-state index contributed by atoms with van der Waals surface area (Å²) in [6, 6.07) is 0.804. The zero-order valence-electron chi connectivity index (χ0n) is 13.5. The van der Waals surface area contributed by atoms with E-state index in [4.69, 9.17) is 0 Å². The van der Waals surface area contributed by atoms with Crippen molar-refractivity contribution in [3.05, 3.63) is 0 Å². The lowest BCUT2D eigenvalue weighted by molar-refractivity contribution is 0.249. The molecule has 0 aliphatic heterocycles. The van der Waals surface area contributed by atoms with Crippen LogP contribution in [0.4, 0.5) is 0 Å². The van der Waals surface area contributed by atoms with Gasteiger partial charge in [0.05, 0.1) is 0 Å². The Labute approximate surface area is 129 Å². The van der Waals surface area contributed by atoms with E-state index in [9.17, 15) is 0 Å². The molecule has 1 saturated carbocycles. The van der Waals surface area contributed by atoms with Crippen LogP contribution in [0.2, 0.25) is 0 Å². The maximum absolute atomic E-state index is 4.27. The van der Waals surface area contributed by atoms with Crippen LogP contribution in [0.5, 0.6) is 0 Å². The molecule has 0 atom stereocenters. The molecule has 0 spiro atoms. The van der Waals surface area contributed by atoms with Crippen molar-refractivity contribution in [2.24, 2.45) is 4.99 Å². The van der Waals surface area contributed by atoms with Crippen LogP contribution in [0.25, 0.3) is 0 Å². The predicted molar refractivity (Wildman–Crippen MR) is 91.9 cm³/mol. The van der Waals surface area contributed by atoms with E-state index in [1.54, 1.807) is 0 Å². The first-order valence-electron chi connectivity index (χ1n) is 7.91. The molecule has 1 rings (SSSR count). The number of rotatable bonds is 9. The fourth-order valence-corrected chi connectivity index (χ4v) is 3.17. The molecule has 20 heavy (non-hydrogen) atoms. The molecule has 1 aliphatic carbocycles. The Morgan fingerprint density at radius 3 is 2.55 bits per heavy atom. The second kappa shape index (κ2) is 11.3. The topological polar surface area (TPSA) is 39.7 Å². The molecule has 2 N–H and O–H groups in total. The van der Waals surface area contributed by atoms with Gasteiger partial charge in [0.15, 0.2) is 5.96 Å². The first-order valence-corrected chi connectivity index (χ1v) is 9.31. The molecule has 5 heteroatoms. The van der Waals surface area contributed by atoms with Crippen molar-refractivity contribution in [2.75, 3.05) is 45.7 Å². The minimum Gasteiger partial charge on any atom is -0.356 e. The molecule has 0 aromatic rings. The van der Waals surface area contributed by atoms with E-state index in [0.717, 1.165) is 31.6 Å². The molecule has 0 radical (unpaired) electrons. The third-order valence-corrected chi connectivity index (χ3v) is 4.69. The average molecular weight is 301 g/mol. The van der Waals surface area contributed by atoms with Crippen molar-refractivity contribution in [1.29, 1.82) is 0 Å². The lowest BCUT2D eigenvalue weighted by Gasteiger charge is -2.24. The van der Waals surface area contributed by atoms with Crippen LogP contribution in [0.3, 0.4) is 0 Å². The Bertz CT molecular complexity index is 265. The Hall–Kier alpha value is -0.420. The van der Waals surface area contributed by atoms with Crippen LogP contribution in [-0.2, 0) is 0 Å². The minimum absolute atomic E-state index is 0.804. The van der Waals surface area contributed by atoms with Gasteiger partial charge in [-0.3, -0.25) is 4.99 Å². The van der Waals surface area contributed by atoms with Gasteiger partial charge in [0, 0.05) is 32.7 Å². The van der Waals surface area contributed by atoms with Crippen molar-refractivity contribution in [3.8, 4) is 0 Å². The summed E-state index contributed by atoms with van der Waals surface area (Å²) in [6.45, 7) is 3.08. The molecule has 118 valence electrons. The van der Waals surface area contributed by atoms with Gasteiger partial charge in [0.2, 0.25) is 0 Å². The monoisotopic (exact) mass is 300 g/mol. The van der Waals surface area contributed by atoms with Gasteiger partial charge in [-0.15, -0.1) is 0 Å². The van der Waals surface area contributed by atoms with E-state index >= 15 is 0 Å². The maximum atomic E-state index is 4.27. The molecule has 0 amide bonds. The maximum Gasteiger partial charge on any atom is 0.191 e. The van der Waals surface area contributed by atoms with Gasteiger partial charge < -0.3 is 15.5 Å². The molecule has 0 aromatic heterocycles. The standard InChI is InChI=1S/C15H32N4S/c1-16-15(17-10-6-7-13-20-3)18-11-12-19(2)14-8-4-5-9-14/h14H,4-13H2,1-3H3,(H2,16,17,18). The number of nitrogens with zero attached hydrogens (tertiary/aromatic N) is 2. The van der Waals surface area contributed by atoms with Crippen molar-refractivity contribution in [1.82, 2.24) is 15.5 Å². The number of hydrogen-bond acceptors (Lipinski definition) is 3. The Balaban J connectivity index is 2.05. The van der Waals surface area contributed by atoms with E-state index < -0.39 is 0 Å². The number of likely N-dealkylation sites (N-methyl/N-ethyl adjacent to an activating group) is 1. The third-order valence-electron chi connectivity index (χ3n) is 4.00. The summed E-state index contributed by atoms with van der Waals surface area (Å²) in [5.74, 6) is 2.19. The highest BCUT2D eigenvalue weighted by Crippen LogP contribution is 2.21. The van der Waals surface area contributed by atoms with Gasteiger partial charge in [-0.1, -0.05) is 12.8 Å². The van der Waals surface area contributed by atoms with Gasteiger partial charge in [-0.25, -0.2) is 0 Å². The summed E-state index contributed by atoms with van der Waals surface area (Å²) in [5.41, 5.74) is 0. The van der Waals surface area contributed by atoms with Crippen LogP contribution < -0.4 is 10.6 Å². The average Bonchev–Trinajstić information content (AvgIpc) is 2.99. The second-order valence-electron chi connectivity index (χ2n) is 5.54. The minimum atomic E-state index is 0.804. The smallest absolute Gasteiger partial charge is 0.191 e. The number of hydrogen-bond donors (Lipinski definition) is 2. The molecule has 0 aromatic carbocycles. The molecule has 0 saturated heterocycles. The van der Waals surface area contributed by atoms with Crippen molar-refractivity contribution < 1.29 is 0 Å². The van der Waals surface area contributed by atoms with Crippen molar-refractivity contribution >= 4 is 17.7 Å². The fourth-order valence-electron chi connectivity index (χ4n) is 2.68. The zero-order chi connectivity index (χ0) is 14.6. The van der Waals surface area contributed by atoms with E-state index in [1.165, 1.54) is 44.3 Å². The summed E-state index contributed by atoms with van der Waals surface area (Å²) >= 11 is 1.92. The third kappa shape index (κ3) is 7.39. The van der Waals surface area contributed by atoms with Crippen LogP contribution in [0.1, 0.15) is 38.5 Å². The largest absolute Gasteiger partial charge is 0.356 e. The lowest BCUT2D eigenvalue weighted by atomic mass is 10.2. The van der Waals surface area contributed by atoms with Gasteiger partial charge in [-0.05, 0) is 44.7 Å². The molecule has 0 unspecified atom stereocenters. The summed E-state index contributed by atoms with van der Waals surface area (Å²) < 4.78 is 0. The zero-order valence-corrected chi connectivity index (χ0v) is 14.3. The van der Waals surface area contributed by atoms with E-state index in [-0.39, 0.29) is 0 Å². The Morgan fingerprint density at radius 1 is 1.20 bits per heavy atom. The molecule has 0 heterocycles. The number of unbranched alkanes of at least 4 members (excludes halogenated alkanes) is 1. The summed E-state index contributed by atoms with van der Waals surface area (Å²) in [4.78, 5) is 6.76. The molecule has 4 nitrogen and oxygen atoms in total. The lowest BCUT2D eigenvalue weighted by Crippen LogP contribution is -2.42. The molecular formula is C15H32N4S. The normalized spacial score (nSPS) is 16.9. The number of guanidine groups is 1. The van der Waals surface area contributed by atoms with E-state index in [0.29, 0.717) is 0 Å². The molecular weight excluding hydrogens is 268 g/mol. The number of nitrogens with one attached hydrogen (secondary N) is 2. The highest BCUT2D eigenvalue weighted by Gasteiger charge is 2.18. The Kier molecular flexibility index (Phi) is 9.93. The molecule has 1 aliphatic rings. The first kappa shape index (κ1) is 17.6. The summed E-state index contributed by atoms with van der Waals surface area (Å²) in [5, 5.41) is 6.79. The van der Waals surface area contributed by atoms with Gasteiger partial charge in [-0.2, -0.15) is 11.8 Å². The number of thioether (sulfide) groups is 1. The summed E-state index contributed by atoms with van der Waals surface area (Å²) in [6.07, 6.45) is 10.2. The van der Waals surface area contributed by atoms with E-state index in [2.05, 4.69) is 33.8 Å². The first-order chi connectivity index (χ1) is 9.77. The quantitative estimate of drug-likeness (QED) is 0.389. The van der Waals surface area contributed by atoms with Crippen LogP contribution in [0, 0.1) is 0 Å². The highest BCUT2D eigenvalue weighted by molar-refractivity contribution is 7.98. The van der Waals surface area contributed by atoms with Crippen LogP contribution in [-0.4, -0.2) is 62.6 Å². The number of aliphatic imine (C=N–C) groups is 1.